The SMILES string of the molecule is CC(=O)NCCCCCC(=O)N(C)C(C)(C)CO. The molecular formula is C13H26N2O3. The first-order valence-electron chi connectivity index (χ1n) is 6.43. The van der Waals surface area contributed by atoms with Gasteiger partial charge in [0, 0.05) is 26.9 Å². The molecule has 0 spiro atoms. The molecule has 2 N–H and O–H groups in total. The van der Waals surface area contributed by atoms with Gasteiger partial charge in [0.25, 0.3) is 0 Å². The first-order chi connectivity index (χ1) is 8.31. The first-order valence-corrected chi connectivity index (χ1v) is 6.43. The van der Waals surface area contributed by atoms with Crippen LogP contribution in [0, 0.1) is 0 Å². The molecule has 0 saturated carbocycles. The van der Waals surface area contributed by atoms with Gasteiger partial charge in [-0.25, -0.2) is 0 Å². The quantitative estimate of drug-likeness (QED) is 0.636. The van der Waals surface area contributed by atoms with E-state index in [9.17, 15) is 14.7 Å². The van der Waals surface area contributed by atoms with Crippen LogP contribution in [-0.2, 0) is 9.59 Å². The number of likely N-dealkylation sites (N-methyl/N-ethyl adjacent to an activating group) is 1. The summed E-state index contributed by atoms with van der Waals surface area (Å²) in [5.74, 6) is 0.0316. The number of nitrogens with zero attached hydrogens (tertiary/aromatic N) is 1. The number of unbranched alkanes of at least 4 members (excludes halogenated alkanes) is 2. The number of carbonyl (C=O) groups excluding carboxylic acids is 2. The maximum Gasteiger partial charge on any atom is 0.222 e. The Morgan fingerprint density at radius 3 is 2.33 bits per heavy atom. The lowest BCUT2D eigenvalue weighted by Gasteiger charge is -2.34. The van der Waals surface area contributed by atoms with E-state index in [1.54, 1.807) is 11.9 Å². The molecule has 0 atom stereocenters. The normalized spacial score (nSPS) is 11.2. The first kappa shape index (κ1) is 16.9. The lowest BCUT2D eigenvalue weighted by atomic mass is 10.0. The van der Waals surface area contributed by atoms with Crippen molar-refractivity contribution in [3.8, 4) is 0 Å². The number of aliphatic hydroxyl groups is 1. The van der Waals surface area contributed by atoms with Gasteiger partial charge in [-0.2, -0.15) is 0 Å². The molecule has 0 heterocycles. The smallest absolute Gasteiger partial charge is 0.222 e. The third-order valence-corrected chi connectivity index (χ3v) is 3.11. The zero-order valence-corrected chi connectivity index (χ0v) is 12.0. The van der Waals surface area contributed by atoms with Crippen LogP contribution < -0.4 is 5.32 Å². The standard InChI is InChI=1S/C13H26N2O3/c1-11(17)14-9-7-5-6-8-12(18)15(4)13(2,3)10-16/h16H,5-10H2,1-4H3,(H,14,17). The number of hydrogen-bond donors (Lipinski definition) is 2. The molecule has 0 saturated heterocycles. The van der Waals surface area contributed by atoms with Crippen molar-refractivity contribution in [3.63, 3.8) is 0 Å². The van der Waals surface area contributed by atoms with Gasteiger partial charge in [0.15, 0.2) is 0 Å². The Hall–Kier alpha value is -1.10. The van der Waals surface area contributed by atoms with Crippen molar-refractivity contribution in [2.24, 2.45) is 0 Å². The van der Waals surface area contributed by atoms with Crippen molar-refractivity contribution in [2.45, 2.75) is 52.0 Å². The Morgan fingerprint density at radius 1 is 1.22 bits per heavy atom. The lowest BCUT2D eigenvalue weighted by Crippen LogP contribution is -2.47. The van der Waals surface area contributed by atoms with Gasteiger partial charge < -0.3 is 15.3 Å². The highest BCUT2D eigenvalue weighted by molar-refractivity contribution is 5.76. The molecule has 0 bridgehead atoms. The molecule has 2 amide bonds. The summed E-state index contributed by atoms with van der Waals surface area (Å²) < 4.78 is 0. The van der Waals surface area contributed by atoms with E-state index in [0.717, 1.165) is 19.3 Å². The lowest BCUT2D eigenvalue weighted by molar-refractivity contribution is -0.136. The van der Waals surface area contributed by atoms with Crippen molar-refractivity contribution in [1.29, 1.82) is 0 Å². The number of rotatable bonds is 8. The second kappa shape index (κ2) is 8.08. The van der Waals surface area contributed by atoms with Crippen LogP contribution in [0.4, 0.5) is 0 Å². The van der Waals surface area contributed by atoms with E-state index in [2.05, 4.69) is 5.32 Å². The summed E-state index contributed by atoms with van der Waals surface area (Å²) in [6.07, 6.45) is 3.10. The summed E-state index contributed by atoms with van der Waals surface area (Å²) in [6.45, 7) is 5.79. The average molecular weight is 258 g/mol. The summed E-state index contributed by atoms with van der Waals surface area (Å²) in [7, 11) is 1.72. The summed E-state index contributed by atoms with van der Waals surface area (Å²) in [6, 6.07) is 0. The molecule has 0 aromatic heterocycles. The molecule has 5 heteroatoms. The van der Waals surface area contributed by atoms with E-state index in [-0.39, 0.29) is 18.4 Å². The van der Waals surface area contributed by atoms with E-state index in [1.807, 2.05) is 13.8 Å². The number of aliphatic hydroxyl groups excluding tert-OH is 1. The molecule has 0 radical (unpaired) electrons. The summed E-state index contributed by atoms with van der Waals surface area (Å²) in [5.41, 5.74) is -0.507. The van der Waals surface area contributed by atoms with E-state index < -0.39 is 5.54 Å². The summed E-state index contributed by atoms with van der Waals surface area (Å²) >= 11 is 0. The van der Waals surface area contributed by atoms with E-state index in [1.165, 1.54) is 6.92 Å². The van der Waals surface area contributed by atoms with Gasteiger partial charge in [0.05, 0.1) is 12.1 Å². The number of carbonyl (C=O) groups is 2. The van der Waals surface area contributed by atoms with Gasteiger partial charge in [0.1, 0.15) is 0 Å². The minimum Gasteiger partial charge on any atom is -0.394 e. The van der Waals surface area contributed by atoms with Crippen LogP contribution in [0.3, 0.4) is 0 Å². The largest absolute Gasteiger partial charge is 0.394 e. The molecule has 0 aromatic rings. The van der Waals surface area contributed by atoms with E-state index in [0.29, 0.717) is 13.0 Å². The van der Waals surface area contributed by atoms with Gasteiger partial charge >= 0.3 is 0 Å². The maximum absolute atomic E-state index is 11.8. The minimum atomic E-state index is -0.507. The predicted molar refractivity (Wildman–Crippen MR) is 71.1 cm³/mol. The maximum atomic E-state index is 11.8. The van der Waals surface area contributed by atoms with Gasteiger partial charge in [-0.15, -0.1) is 0 Å². The fourth-order valence-electron chi connectivity index (χ4n) is 1.45. The Morgan fingerprint density at radius 2 is 1.83 bits per heavy atom. The monoisotopic (exact) mass is 258 g/mol. The highest BCUT2D eigenvalue weighted by Gasteiger charge is 2.25. The Balaban J connectivity index is 3.74. The molecule has 18 heavy (non-hydrogen) atoms. The molecule has 106 valence electrons. The van der Waals surface area contributed by atoms with Crippen molar-refractivity contribution >= 4 is 11.8 Å². The second-order valence-electron chi connectivity index (χ2n) is 5.22. The highest BCUT2D eigenvalue weighted by Crippen LogP contribution is 2.13. The van der Waals surface area contributed by atoms with Crippen LogP contribution >= 0.6 is 0 Å². The number of nitrogens with one attached hydrogen (secondary N) is 1. The molecule has 0 aliphatic rings. The summed E-state index contributed by atoms with van der Waals surface area (Å²) in [4.78, 5) is 24.1. The van der Waals surface area contributed by atoms with Crippen molar-refractivity contribution < 1.29 is 14.7 Å². The summed E-state index contributed by atoms with van der Waals surface area (Å²) in [5, 5.41) is 11.9. The third kappa shape index (κ3) is 6.59. The van der Waals surface area contributed by atoms with E-state index >= 15 is 0 Å². The zero-order chi connectivity index (χ0) is 14.2. The fourth-order valence-corrected chi connectivity index (χ4v) is 1.45. The molecule has 0 rings (SSSR count). The molecule has 0 aliphatic heterocycles. The van der Waals surface area contributed by atoms with Crippen LogP contribution in [0.25, 0.3) is 0 Å². The van der Waals surface area contributed by atoms with Crippen LogP contribution in [0.2, 0.25) is 0 Å². The van der Waals surface area contributed by atoms with Crippen LogP contribution in [0.5, 0.6) is 0 Å². The van der Waals surface area contributed by atoms with E-state index in [4.69, 9.17) is 0 Å². The Labute approximate surface area is 110 Å². The van der Waals surface area contributed by atoms with Gasteiger partial charge in [0.2, 0.25) is 11.8 Å². The van der Waals surface area contributed by atoms with Gasteiger partial charge in [-0.05, 0) is 26.7 Å². The molecule has 0 fully saturated rings. The van der Waals surface area contributed by atoms with Gasteiger partial charge in [-0.3, -0.25) is 9.59 Å². The Bertz CT molecular complexity index is 277. The molecule has 0 unspecified atom stereocenters. The number of amides is 2. The molecule has 0 aromatic carbocycles. The Kier molecular flexibility index (Phi) is 7.59. The highest BCUT2D eigenvalue weighted by atomic mass is 16.3. The molecular weight excluding hydrogens is 232 g/mol. The predicted octanol–water partition coefficient (Wildman–Crippen LogP) is 0.912. The number of hydrogen-bond acceptors (Lipinski definition) is 3. The zero-order valence-electron chi connectivity index (χ0n) is 12.0. The van der Waals surface area contributed by atoms with Crippen LogP contribution in [0.1, 0.15) is 46.5 Å². The topological polar surface area (TPSA) is 69.6 Å². The van der Waals surface area contributed by atoms with Crippen LogP contribution in [0.15, 0.2) is 0 Å². The fraction of sp³-hybridized carbons (Fsp3) is 0.846. The molecule has 0 aliphatic carbocycles. The van der Waals surface area contributed by atoms with Crippen molar-refractivity contribution in [3.05, 3.63) is 0 Å². The second-order valence-corrected chi connectivity index (χ2v) is 5.22. The van der Waals surface area contributed by atoms with Gasteiger partial charge in [-0.1, -0.05) is 6.42 Å². The van der Waals surface area contributed by atoms with Crippen molar-refractivity contribution in [1.82, 2.24) is 10.2 Å². The minimum absolute atomic E-state index is 0.0181. The third-order valence-electron chi connectivity index (χ3n) is 3.11. The van der Waals surface area contributed by atoms with Crippen molar-refractivity contribution in [2.75, 3.05) is 20.2 Å². The van der Waals surface area contributed by atoms with Crippen LogP contribution in [-0.4, -0.2) is 47.6 Å². The molecule has 5 nitrogen and oxygen atoms in total. The average Bonchev–Trinajstić information content (AvgIpc) is 2.31.